The van der Waals surface area contributed by atoms with E-state index in [1.807, 2.05) is 18.2 Å². The van der Waals surface area contributed by atoms with Crippen molar-refractivity contribution in [1.29, 1.82) is 0 Å². The molecule has 1 unspecified atom stereocenters. The van der Waals surface area contributed by atoms with Gasteiger partial charge in [0.15, 0.2) is 5.78 Å². The van der Waals surface area contributed by atoms with Crippen LogP contribution in [0, 0.1) is 5.92 Å². The highest BCUT2D eigenvalue weighted by Gasteiger charge is 2.24. The fourth-order valence-electron chi connectivity index (χ4n) is 4.07. The van der Waals surface area contributed by atoms with Gasteiger partial charge in [0.2, 0.25) is 0 Å². The minimum Gasteiger partial charge on any atom is -0.497 e. The predicted octanol–water partition coefficient (Wildman–Crippen LogP) is 3.53. The Morgan fingerprint density at radius 1 is 1.18 bits per heavy atom. The zero-order chi connectivity index (χ0) is 19.5. The van der Waals surface area contributed by atoms with Crippen LogP contribution in [0.4, 0.5) is 5.69 Å². The van der Waals surface area contributed by atoms with E-state index in [1.165, 1.54) is 16.8 Å². The Kier molecular flexibility index (Phi) is 5.53. The average Bonchev–Trinajstić information content (AvgIpc) is 2.74. The highest BCUT2D eigenvalue weighted by Crippen LogP contribution is 2.34. The summed E-state index contributed by atoms with van der Waals surface area (Å²) in [6, 6.07) is 12.1. The quantitative estimate of drug-likeness (QED) is 0.742. The van der Waals surface area contributed by atoms with Crippen molar-refractivity contribution in [2.24, 2.45) is 5.92 Å². The molecule has 0 radical (unpaired) electrons. The number of carbonyl (C=O) groups is 1. The smallest absolute Gasteiger partial charge is 0.159 e. The van der Waals surface area contributed by atoms with Crippen LogP contribution in [-0.2, 0) is 17.6 Å². The highest BCUT2D eigenvalue weighted by atomic mass is 16.5. The molecule has 0 saturated carbocycles. The van der Waals surface area contributed by atoms with E-state index in [1.54, 1.807) is 14.0 Å². The van der Waals surface area contributed by atoms with Gasteiger partial charge in [-0.2, -0.15) is 0 Å². The molecule has 2 heterocycles. The number of nitrogens with zero attached hydrogens (tertiary/aromatic N) is 1. The van der Waals surface area contributed by atoms with Gasteiger partial charge < -0.3 is 19.1 Å². The maximum atomic E-state index is 11.9. The average molecular weight is 381 g/mol. The van der Waals surface area contributed by atoms with E-state index in [0.717, 1.165) is 56.2 Å². The van der Waals surface area contributed by atoms with Gasteiger partial charge in [-0.05, 0) is 55.2 Å². The lowest BCUT2D eigenvalue weighted by atomic mass is 9.89. The number of benzene rings is 2. The first-order chi connectivity index (χ1) is 13.6. The van der Waals surface area contributed by atoms with Gasteiger partial charge >= 0.3 is 0 Å². The predicted molar refractivity (Wildman–Crippen MR) is 109 cm³/mol. The zero-order valence-corrected chi connectivity index (χ0v) is 16.6. The maximum absolute atomic E-state index is 11.9. The second-order valence-electron chi connectivity index (χ2n) is 7.56. The number of methoxy groups -OCH3 is 1. The van der Waals surface area contributed by atoms with Gasteiger partial charge in [0, 0.05) is 36.3 Å². The second kappa shape index (κ2) is 8.23. The van der Waals surface area contributed by atoms with Crippen molar-refractivity contribution in [2.45, 2.75) is 19.8 Å². The number of hydrogen-bond donors (Lipinski definition) is 0. The molecule has 4 rings (SSSR count). The van der Waals surface area contributed by atoms with E-state index in [-0.39, 0.29) is 5.78 Å². The fraction of sp³-hybridized carbons (Fsp3) is 0.435. The lowest BCUT2D eigenvalue weighted by Crippen LogP contribution is -2.37. The number of Topliss-reactive ketones (excluding diaryl/α,β-unsaturated/α-hetero) is 1. The summed E-state index contributed by atoms with van der Waals surface area (Å²) in [5.41, 5.74) is 4.43. The van der Waals surface area contributed by atoms with Crippen molar-refractivity contribution in [3.63, 3.8) is 0 Å². The molecule has 1 saturated heterocycles. The van der Waals surface area contributed by atoms with Crippen LogP contribution >= 0.6 is 0 Å². The van der Waals surface area contributed by atoms with Crippen molar-refractivity contribution < 1.29 is 19.0 Å². The number of fused-ring (bicyclic) bond motifs is 1. The molecule has 0 spiro atoms. The number of rotatable bonds is 5. The molecule has 0 bridgehead atoms. The Balaban J connectivity index is 1.57. The molecule has 1 atom stereocenters. The third-order valence-electron chi connectivity index (χ3n) is 5.60. The lowest BCUT2D eigenvalue weighted by molar-refractivity contribution is 0.101. The SMILES string of the molecule is COc1ccc2c(c1)OCC(Cc1cc(C(C)=O)ccc1N1CCOCC1)C2. The van der Waals surface area contributed by atoms with Crippen molar-refractivity contribution in [3.05, 3.63) is 53.1 Å². The van der Waals surface area contributed by atoms with Crippen LogP contribution in [0.3, 0.4) is 0 Å². The first-order valence-electron chi connectivity index (χ1n) is 9.90. The van der Waals surface area contributed by atoms with Crippen LogP contribution in [0.5, 0.6) is 11.5 Å². The van der Waals surface area contributed by atoms with Gasteiger partial charge in [0.1, 0.15) is 11.5 Å². The summed E-state index contributed by atoms with van der Waals surface area (Å²) < 4.78 is 16.8. The van der Waals surface area contributed by atoms with E-state index in [9.17, 15) is 4.79 Å². The largest absolute Gasteiger partial charge is 0.497 e. The Morgan fingerprint density at radius 3 is 2.75 bits per heavy atom. The number of ether oxygens (including phenoxy) is 3. The second-order valence-corrected chi connectivity index (χ2v) is 7.56. The maximum Gasteiger partial charge on any atom is 0.159 e. The van der Waals surface area contributed by atoms with Gasteiger partial charge in [0.05, 0.1) is 26.9 Å². The molecule has 2 aromatic carbocycles. The zero-order valence-electron chi connectivity index (χ0n) is 16.6. The molecule has 0 amide bonds. The molecule has 28 heavy (non-hydrogen) atoms. The van der Waals surface area contributed by atoms with Crippen molar-refractivity contribution >= 4 is 11.5 Å². The number of ketones is 1. The normalized spacial score (nSPS) is 18.9. The summed E-state index contributed by atoms with van der Waals surface area (Å²) >= 11 is 0. The van der Waals surface area contributed by atoms with Gasteiger partial charge in [0.25, 0.3) is 0 Å². The number of anilines is 1. The molecular weight excluding hydrogens is 354 g/mol. The number of hydrogen-bond acceptors (Lipinski definition) is 5. The highest BCUT2D eigenvalue weighted by molar-refractivity contribution is 5.94. The van der Waals surface area contributed by atoms with Crippen LogP contribution < -0.4 is 14.4 Å². The van der Waals surface area contributed by atoms with Crippen LogP contribution in [0.2, 0.25) is 0 Å². The van der Waals surface area contributed by atoms with E-state index >= 15 is 0 Å². The molecule has 0 N–H and O–H groups in total. The van der Waals surface area contributed by atoms with Crippen LogP contribution in [0.15, 0.2) is 36.4 Å². The molecule has 5 nitrogen and oxygen atoms in total. The Bertz CT molecular complexity index is 858. The molecule has 2 aliphatic heterocycles. The molecular formula is C23H27NO4. The number of carbonyl (C=O) groups excluding carboxylic acids is 1. The first kappa shape index (κ1) is 18.8. The minimum atomic E-state index is 0.104. The third kappa shape index (κ3) is 3.99. The summed E-state index contributed by atoms with van der Waals surface area (Å²) in [6.07, 6.45) is 1.85. The van der Waals surface area contributed by atoms with Crippen molar-refractivity contribution in [1.82, 2.24) is 0 Å². The molecule has 2 aliphatic rings. The molecule has 5 heteroatoms. The Morgan fingerprint density at radius 2 is 2.00 bits per heavy atom. The van der Waals surface area contributed by atoms with Gasteiger partial charge in [-0.15, -0.1) is 0 Å². The molecule has 1 fully saturated rings. The summed E-state index contributed by atoms with van der Waals surface area (Å²) in [6.45, 7) is 5.56. The lowest BCUT2D eigenvalue weighted by Gasteiger charge is -2.32. The topological polar surface area (TPSA) is 48.0 Å². The summed E-state index contributed by atoms with van der Waals surface area (Å²) in [5, 5.41) is 0. The Hall–Kier alpha value is -2.53. The van der Waals surface area contributed by atoms with Crippen molar-refractivity contribution in [3.8, 4) is 11.5 Å². The Labute approximate surface area is 166 Å². The summed E-state index contributed by atoms with van der Waals surface area (Å²) in [4.78, 5) is 14.3. The summed E-state index contributed by atoms with van der Waals surface area (Å²) in [5.74, 6) is 2.22. The standard InChI is InChI=1S/C23H27NO4/c1-16(25)18-4-6-22(24-7-9-27-10-8-24)20(13-18)12-17-11-19-3-5-21(26-2)14-23(19)28-15-17/h3-6,13-14,17H,7-12,15H2,1-2H3. The van der Waals surface area contributed by atoms with E-state index in [4.69, 9.17) is 14.2 Å². The first-order valence-corrected chi connectivity index (χ1v) is 9.90. The summed E-state index contributed by atoms with van der Waals surface area (Å²) in [7, 11) is 1.67. The molecule has 0 aromatic heterocycles. The monoisotopic (exact) mass is 381 g/mol. The van der Waals surface area contributed by atoms with Gasteiger partial charge in [-0.3, -0.25) is 4.79 Å². The third-order valence-corrected chi connectivity index (χ3v) is 5.60. The fourth-order valence-corrected chi connectivity index (χ4v) is 4.07. The van der Waals surface area contributed by atoms with Crippen LogP contribution in [0.1, 0.15) is 28.4 Å². The minimum absolute atomic E-state index is 0.104. The van der Waals surface area contributed by atoms with Gasteiger partial charge in [-0.25, -0.2) is 0 Å². The van der Waals surface area contributed by atoms with Crippen LogP contribution in [-0.4, -0.2) is 45.8 Å². The molecule has 148 valence electrons. The van der Waals surface area contributed by atoms with Crippen LogP contribution in [0.25, 0.3) is 0 Å². The van der Waals surface area contributed by atoms with Crippen molar-refractivity contribution in [2.75, 3.05) is 44.9 Å². The van der Waals surface area contributed by atoms with Gasteiger partial charge in [-0.1, -0.05) is 6.07 Å². The molecule has 2 aromatic rings. The number of morpholine rings is 1. The van der Waals surface area contributed by atoms with E-state index in [0.29, 0.717) is 12.5 Å². The van der Waals surface area contributed by atoms with E-state index < -0.39 is 0 Å². The molecule has 0 aliphatic carbocycles. The van der Waals surface area contributed by atoms with E-state index in [2.05, 4.69) is 23.1 Å².